The molecule has 96 valence electrons. The Morgan fingerprint density at radius 3 is 1.94 bits per heavy atom. The van der Waals surface area contributed by atoms with Gasteiger partial charge in [0.15, 0.2) is 5.78 Å². The Balaban J connectivity index is 0.000000770. The average Bonchev–Trinajstić information content (AvgIpc) is 2.24. The Labute approximate surface area is 133 Å². The van der Waals surface area contributed by atoms with Crippen LogP contribution in [0.3, 0.4) is 0 Å². The molecule has 0 saturated heterocycles. The van der Waals surface area contributed by atoms with Crippen LogP contribution >= 0.6 is 37.2 Å². The predicted molar refractivity (Wildman–Crippen MR) is 88.4 cm³/mol. The second kappa shape index (κ2) is 9.71. The van der Waals surface area contributed by atoms with Crippen molar-refractivity contribution in [3.63, 3.8) is 0 Å². The topological polar surface area (TPSA) is 17.1 Å². The number of hydrogen-bond acceptors (Lipinski definition) is 1. The van der Waals surface area contributed by atoms with E-state index in [1.54, 1.807) is 13.0 Å². The van der Waals surface area contributed by atoms with E-state index in [0.29, 0.717) is 13.3 Å². The van der Waals surface area contributed by atoms with Crippen LogP contribution in [0.15, 0.2) is 18.2 Å². The van der Waals surface area contributed by atoms with E-state index in [1.165, 1.54) is 16.7 Å². The minimum atomic E-state index is 0.0841. The molecule has 0 amide bonds. The summed E-state index contributed by atoms with van der Waals surface area (Å²) in [5.74, 6) is 0.0841. The molecule has 0 spiro atoms. The quantitative estimate of drug-likeness (QED) is 0.394. The van der Waals surface area contributed by atoms with Gasteiger partial charge in [-0.1, -0.05) is 18.2 Å². The molecule has 1 rings (SSSR count). The Kier molecular flexibility index (Phi) is 10.2. The molecule has 1 nitrogen and oxygen atoms in total. The normalized spacial score (nSPS) is 10.2. The van der Waals surface area contributed by atoms with Crippen molar-refractivity contribution >= 4 is 49.1 Å². The predicted octanol–water partition coefficient (Wildman–Crippen LogP) is 1.99. The van der Waals surface area contributed by atoms with E-state index in [-0.39, 0.29) is 5.78 Å². The molecular weight excluding hydrogens is 553 g/mol. The van der Waals surface area contributed by atoms with Gasteiger partial charge in [0.25, 0.3) is 0 Å². The first kappa shape index (κ1) is 17.8. The number of carbonyl (C=O) groups is 1. The van der Waals surface area contributed by atoms with E-state index in [0.717, 1.165) is 5.56 Å². The molecule has 0 aliphatic carbocycles. The van der Waals surface area contributed by atoms with Crippen LogP contribution in [0.1, 0.15) is 29.2 Å². The average molecular weight is 569 g/mol. The van der Waals surface area contributed by atoms with Crippen LogP contribution in [-0.4, -0.2) is 5.78 Å². The van der Waals surface area contributed by atoms with E-state index >= 15 is 0 Å². The van der Waals surface area contributed by atoms with Crippen molar-refractivity contribution in [1.29, 1.82) is 0 Å². The molecule has 0 heterocycles. The zero-order valence-corrected chi connectivity index (χ0v) is 16.8. The Morgan fingerprint density at radius 2 is 1.59 bits per heavy atom. The van der Waals surface area contributed by atoms with Gasteiger partial charge in [0.05, 0.1) is 0 Å². The molecule has 0 fully saturated rings. The summed E-state index contributed by atoms with van der Waals surface area (Å²) in [6.45, 7) is 7.86. The number of carbonyl (C=O) groups excluding carboxylic acids is 1. The van der Waals surface area contributed by atoms with E-state index in [2.05, 4.69) is 70.1 Å². The fourth-order valence-corrected chi connectivity index (χ4v) is 1.38. The first-order valence-electron chi connectivity index (χ1n) is 5.06. The van der Waals surface area contributed by atoms with Gasteiger partial charge < -0.3 is 0 Å². The van der Waals surface area contributed by atoms with E-state index in [4.69, 9.17) is 0 Å². The second-order valence-electron chi connectivity index (χ2n) is 3.78. The van der Waals surface area contributed by atoms with Crippen molar-refractivity contribution in [2.75, 3.05) is 0 Å². The van der Waals surface area contributed by atoms with Crippen molar-refractivity contribution in [2.24, 2.45) is 0 Å². The van der Waals surface area contributed by atoms with Gasteiger partial charge in [-0.25, -0.2) is 0 Å². The van der Waals surface area contributed by atoms with Gasteiger partial charge in [-0.15, -0.1) is 0 Å². The molecule has 4 heteroatoms. The first-order valence-corrected chi connectivity index (χ1v) is 17.6. The van der Waals surface area contributed by atoms with Crippen LogP contribution in [0.4, 0.5) is 0 Å². The van der Waals surface area contributed by atoms with Crippen LogP contribution in [-0.2, 0) is 4.79 Å². The van der Waals surface area contributed by atoms with Crippen molar-refractivity contribution in [3.05, 3.63) is 40.5 Å². The Morgan fingerprint density at radius 1 is 1.18 bits per heavy atom. The van der Waals surface area contributed by atoms with E-state index in [9.17, 15) is 4.79 Å². The van der Waals surface area contributed by atoms with Gasteiger partial charge in [0, 0.05) is 0 Å². The number of benzene rings is 1. The van der Waals surface area contributed by atoms with Crippen molar-refractivity contribution < 1.29 is 18.0 Å². The van der Waals surface area contributed by atoms with Gasteiger partial charge >= 0.3 is 50.5 Å². The Hall–Kier alpha value is 0.820. The van der Waals surface area contributed by atoms with Gasteiger partial charge in [-0.3, -0.25) is 4.79 Å². The molecule has 0 aromatic heterocycles. The third-order valence-corrected chi connectivity index (χ3v) is 2.46. The summed E-state index contributed by atoms with van der Waals surface area (Å²) < 4.78 is 0. The summed E-state index contributed by atoms with van der Waals surface area (Å²) >= 11 is 5.30. The van der Waals surface area contributed by atoms with Crippen molar-refractivity contribution in [3.8, 4) is 0 Å². The molecule has 0 aliphatic heterocycles. The van der Waals surface area contributed by atoms with Crippen LogP contribution in [0.25, 0.3) is 6.08 Å². The van der Waals surface area contributed by atoms with Crippen molar-refractivity contribution in [2.45, 2.75) is 27.7 Å². The molecule has 0 saturated carbocycles. The summed E-state index contributed by atoms with van der Waals surface area (Å²) in [7, 11) is 0. The first-order chi connectivity index (χ1) is 7.92. The monoisotopic (exact) mass is 569 g/mol. The molecule has 0 radical (unpaired) electrons. The molecule has 0 aliphatic rings. The van der Waals surface area contributed by atoms with Gasteiger partial charge in [-0.2, -0.15) is 0 Å². The maximum absolute atomic E-state index is 10.8. The van der Waals surface area contributed by atoms with Gasteiger partial charge in [0.1, 0.15) is 0 Å². The third-order valence-electron chi connectivity index (χ3n) is 2.46. The summed E-state index contributed by atoms with van der Waals surface area (Å²) in [6, 6.07) is 4.20. The Bertz CT molecular complexity index is 388. The number of halogens is 3. The molecule has 0 atom stereocenters. The fraction of sp³-hybridized carbons (Fsp3) is 0.308. The minimum absolute atomic E-state index is 0.0841. The summed E-state index contributed by atoms with van der Waals surface area (Å²) in [5.41, 5.74) is 4.96. The molecule has 0 bridgehead atoms. The number of rotatable bonds is 2. The second-order valence-corrected chi connectivity index (χ2v) is 20.0. The summed E-state index contributed by atoms with van der Waals surface area (Å²) in [6.07, 6.45) is 3.46. The summed E-state index contributed by atoms with van der Waals surface area (Å²) in [5, 5.41) is 0. The maximum atomic E-state index is 10.8. The van der Waals surface area contributed by atoms with E-state index < -0.39 is 0 Å². The zero-order chi connectivity index (χ0) is 13.4. The van der Waals surface area contributed by atoms with Crippen LogP contribution in [0.5, 0.6) is 0 Å². The van der Waals surface area contributed by atoms with Crippen LogP contribution in [0.2, 0.25) is 0 Å². The molecule has 1 aromatic carbocycles. The number of hydrogen-bond donors (Lipinski definition) is 0. The zero-order valence-electron chi connectivity index (χ0n) is 10.4. The SMILES string of the molecule is CC(=O)/C=C/c1cc(C)c(C)c(C)c1.I[I-]I. The molecule has 1 aromatic rings. The molecule has 17 heavy (non-hydrogen) atoms. The molecular formula is C13H16I3O-. The van der Waals surface area contributed by atoms with Crippen LogP contribution < -0.4 is 13.3 Å². The number of ketones is 1. The fourth-order valence-electron chi connectivity index (χ4n) is 1.38. The molecule has 0 unspecified atom stereocenters. The number of allylic oxidation sites excluding steroid dienone is 1. The van der Waals surface area contributed by atoms with Crippen LogP contribution in [0, 0.1) is 20.8 Å². The number of aryl methyl sites for hydroxylation is 2. The standard InChI is InChI=1S/C13H16O.I3/c1-9-7-13(6-5-11(3)14)8-10(2)12(9)4;1-3-2/h5-8H,1-4H3;/q;-1/b6-5+;. The van der Waals surface area contributed by atoms with Gasteiger partial charge in [-0.05, 0) is 56.0 Å². The third kappa shape index (κ3) is 7.76. The van der Waals surface area contributed by atoms with Crippen molar-refractivity contribution in [1.82, 2.24) is 0 Å². The van der Waals surface area contributed by atoms with Gasteiger partial charge in [0.2, 0.25) is 0 Å². The summed E-state index contributed by atoms with van der Waals surface area (Å²) in [4.78, 5) is 10.8. The molecule has 0 N–H and O–H groups in total. The van der Waals surface area contributed by atoms with E-state index in [1.807, 2.05) is 6.08 Å².